The molecule has 0 heterocycles. The van der Waals surface area contributed by atoms with Gasteiger partial charge in [0.05, 0.1) is 10.5 Å². The Morgan fingerprint density at radius 2 is 1.75 bits per heavy atom. The second kappa shape index (κ2) is 8.03. The molecule has 0 spiro atoms. The van der Waals surface area contributed by atoms with Crippen molar-refractivity contribution in [2.24, 2.45) is 0 Å². The van der Waals surface area contributed by atoms with E-state index in [1.54, 1.807) is 6.07 Å². The molecule has 0 aliphatic heterocycles. The Hall–Kier alpha value is -2.25. The van der Waals surface area contributed by atoms with Crippen LogP contribution in [0.15, 0.2) is 53.4 Å². The van der Waals surface area contributed by atoms with Crippen LogP contribution in [0.5, 0.6) is 0 Å². The molecule has 0 unspecified atom stereocenters. The molecule has 0 saturated carbocycles. The predicted molar refractivity (Wildman–Crippen MR) is 90.9 cm³/mol. The highest BCUT2D eigenvalue weighted by Crippen LogP contribution is 2.16. The molecule has 2 aromatic rings. The Morgan fingerprint density at radius 3 is 2.38 bits per heavy atom. The molecular formula is C17H19FN2O3S. The molecule has 0 aliphatic rings. The minimum atomic E-state index is -3.56. The first-order valence-corrected chi connectivity index (χ1v) is 9.08. The molecule has 24 heavy (non-hydrogen) atoms. The highest BCUT2D eigenvalue weighted by molar-refractivity contribution is 7.89. The van der Waals surface area contributed by atoms with Crippen molar-refractivity contribution in [2.45, 2.75) is 24.7 Å². The zero-order chi connectivity index (χ0) is 17.6. The number of halogens is 1. The number of benzene rings is 2. The number of amides is 1. The third-order valence-corrected chi connectivity index (χ3v) is 4.84. The first-order valence-electron chi connectivity index (χ1n) is 7.59. The summed E-state index contributed by atoms with van der Waals surface area (Å²) < 4.78 is 40.2. The molecule has 2 N–H and O–H groups in total. The Labute approximate surface area is 141 Å². The van der Waals surface area contributed by atoms with Crippen LogP contribution in [0.1, 0.15) is 30.1 Å². The lowest BCUT2D eigenvalue weighted by Crippen LogP contribution is -2.24. The maximum absolute atomic E-state index is 13.6. The number of carbonyl (C=O) groups excluding carboxylic acids is 1. The predicted octanol–water partition coefficient (Wildman–Crippen LogP) is 3.16. The first kappa shape index (κ1) is 18.1. The van der Waals surface area contributed by atoms with Crippen molar-refractivity contribution in [3.63, 3.8) is 0 Å². The lowest BCUT2D eigenvalue weighted by atomic mass is 10.2. The number of sulfonamides is 1. The van der Waals surface area contributed by atoms with Crippen LogP contribution in [0, 0.1) is 5.82 Å². The highest BCUT2D eigenvalue weighted by atomic mass is 32.2. The summed E-state index contributed by atoms with van der Waals surface area (Å²) in [5.41, 5.74) is 0.311. The zero-order valence-corrected chi connectivity index (χ0v) is 14.1. The van der Waals surface area contributed by atoms with E-state index < -0.39 is 21.7 Å². The minimum Gasteiger partial charge on any atom is -0.322 e. The van der Waals surface area contributed by atoms with E-state index in [0.29, 0.717) is 12.2 Å². The number of anilines is 1. The normalized spacial score (nSPS) is 11.2. The van der Waals surface area contributed by atoms with Crippen molar-refractivity contribution < 1.29 is 17.6 Å². The van der Waals surface area contributed by atoms with Crippen LogP contribution < -0.4 is 10.0 Å². The summed E-state index contributed by atoms with van der Waals surface area (Å²) in [5.74, 6) is -1.21. The van der Waals surface area contributed by atoms with Crippen molar-refractivity contribution in [3.05, 3.63) is 59.9 Å². The van der Waals surface area contributed by atoms with Gasteiger partial charge in [-0.25, -0.2) is 17.5 Å². The van der Waals surface area contributed by atoms with Gasteiger partial charge >= 0.3 is 0 Å². The van der Waals surface area contributed by atoms with Crippen molar-refractivity contribution in [1.29, 1.82) is 0 Å². The standard InChI is InChI=1S/C17H19FN2O3S/c1-2-3-12-19-24(22,23)14-10-8-13(9-11-14)20-17(21)15-6-4-5-7-16(15)18/h4-11,19H,2-3,12H2,1H3,(H,20,21). The molecule has 5 nitrogen and oxygen atoms in total. The molecule has 0 fully saturated rings. The Kier molecular flexibility index (Phi) is 6.05. The first-order chi connectivity index (χ1) is 11.4. The Morgan fingerprint density at radius 1 is 1.08 bits per heavy atom. The summed E-state index contributed by atoms with van der Waals surface area (Å²) in [4.78, 5) is 12.1. The third-order valence-electron chi connectivity index (χ3n) is 3.36. The summed E-state index contributed by atoms with van der Waals surface area (Å²) in [6.45, 7) is 2.35. The van der Waals surface area contributed by atoms with Gasteiger partial charge in [-0.2, -0.15) is 0 Å². The number of nitrogens with one attached hydrogen (secondary N) is 2. The highest BCUT2D eigenvalue weighted by Gasteiger charge is 2.14. The van der Waals surface area contributed by atoms with Crippen molar-refractivity contribution in [2.75, 3.05) is 11.9 Å². The van der Waals surface area contributed by atoms with Gasteiger partial charge < -0.3 is 5.32 Å². The molecule has 2 rings (SSSR count). The van der Waals surface area contributed by atoms with Crippen LogP contribution in [-0.4, -0.2) is 20.9 Å². The second-order valence-corrected chi connectivity index (χ2v) is 6.98. The Balaban J connectivity index is 2.07. The molecule has 1 amide bonds. The van der Waals surface area contributed by atoms with E-state index in [9.17, 15) is 17.6 Å². The lowest BCUT2D eigenvalue weighted by Gasteiger charge is -2.09. The van der Waals surface area contributed by atoms with Crippen LogP contribution in [0.2, 0.25) is 0 Å². The van der Waals surface area contributed by atoms with Gasteiger partial charge in [-0.15, -0.1) is 0 Å². The molecule has 0 atom stereocenters. The molecule has 0 aromatic heterocycles. The van der Waals surface area contributed by atoms with Crippen LogP contribution in [0.3, 0.4) is 0 Å². The van der Waals surface area contributed by atoms with Crippen LogP contribution in [-0.2, 0) is 10.0 Å². The monoisotopic (exact) mass is 350 g/mol. The van der Waals surface area contributed by atoms with Gasteiger partial charge in [0.2, 0.25) is 10.0 Å². The average molecular weight is 350 g/mol. The zero-order valence-electron chi connectivity index (χ0n) is 13.3. The van der Waals surface area contributed by atoms with Gasteiger partial charge in [0.25, 0.3) is 5.91 Å². The van der Waals surface area contributed by atoms with Gasteiger partial charge in [-0.3, -0.25) is 4.79 Å². The molecule has 7 heteroatoms. The van der Waals surface area contributed by atoms with E-state index in [2.05, 4.69) is 10.0 Å². The summed E-state index contributed by atoms with van der Waals surface area (Å²) >= 11 is 0. The van der Waals surface area contributed by atoms with Crippen LogP contribution in [0.25, 0.3) is 0 Å². The van der Waals surface area contributed by atoms with E-state index in [1.807, 2.05) is 6.92 Å². The van der Waals surface area contributed by atoms with Gasteiger partial charge in [0, 0.05) is 12.2 Å². The van der Waals surface area contributed by atoms with Gasteiger partial charge in [0.1, 0.15) is 5.82 Å². The Bertz CT molecular complexity index is 805. The van der Waals surface area contributed by atoms with Crippen LogP contribution in [0.4, 0.5) is 10.1 Å². The van der Waals surface area contributed by atoms with Gasteiger partial charge in [0.15, 0.2) is 0 Å². The summed E-state index contributed by atoms with van der Waals surface area (Å²) in [6.07, 6.45) is 1.65. The topological polar surface area (TPSA) is 75.3 Å². The fourth-order valence-electron chi connectivity index (χ4n) is 2.03. The summed E-state index contributed by atoms with van der Waals surface area (Å²) in [6, 6.07) is 11.4. The van der Waals surface area contributed by atoms with Gasteiger partial charge in [-0.1, -0.05) is 25.5 Å². The third kappa shape index (κ3) is 4.62. The number of unbranched alkanes of at least 4 members (excludes halogenated alkanes) is 1. The van der Waals surface area contributed by atoms with E-state index in [4.69, 9.17) is 0 Å². The maximum Gasteiger partial charge on any atom is 0.258 e. The van der Waals surface area contributed by atoms with E-state index >= 15 is 0 Å². The largest absolute Gasteiger partial charge is 0.322 e. The molecule has 0 radical (unpaired) electrons. The minimum absolute atomic E-state index is 0.0737. The summed E-state index contributed by atoms with van der Waals surface area (Å²) in [5, 5.41) is 2.54. The molecule has 2 aromatic carbocycles. The molecule has 128 valence electrons. The van der Waals surface area contributed by atoms with E-state index in [-0.39, 0.29) is 10.5 Å². The van der Waals surface area contributed by atoms with E-state index in [1.165, 1.54) is 42.5 Å². The molecule has 0 saturated heterocycles. The van der Waals surface area contributed by atoms with Crippen molar-refractivity contribution in [1.82, 2.24) is 4.72 Å². The fourth-order valence-corrected chi connectivity index (χ4v) is 3.10. The number of hydrogen-bond donors (Lipinski definition) is 2. The second-order valence-electron chi connectivity index (χ2n) is 5.21. The maximum atomic E-state index is 13.6. The molecular weight excluding hydrogens is 331 g/mol. The fraction of sp³-hybridized carbons (Fsp3) is 0.235. The SMILES string of the molecule is CCCCNS(=O)(=O)c1ccc(NC(=O)c2ccccc2F)cc1. The summed E-state index contributed by atoms with van der Waals surface area (Å²) in [7, 11) is -3.56. The number of carbonyl (C=O) groups is 1. The molecule has 0 bridgehead atoms. The number of rotatable bonds is 7. The quantitative estimate of drug-likeness (QED) is 0.753. The number of hydrogen-bond acceptors (Lipinski definition) is 3. The smallest absolute Gasteiger partial charge is 0.258 e. The van der Waals surface area contributed by atoms with Gasteiger partial charge in [-0.05, 0) is 42.8 Å². The van der Waals surface area contributed by atoms with Crippen molar-refractivity contribution in [3.8, 4) is 0 Å². The van der Waals surface area contributed by atoms with Crippen molar-refractivity contribution >= 4 is 21.6 Å². The molecule has 0 aliphatic carbocycles. The average Bonchev–Trinajstić information content (AvgIpc) is 2.56. The van der Waals surface area contributed by atoms with E-state index in [0.717, 1.165) is 12.8 Å². The lowest BCUT2D eigenvalue weighted by molar-refractivity contribution is 0.102. The van der Waals surface area contributed by atoms with Crippen LogP contribution >= 0.6 is 0 Å².